The maximum Gasteiger partial charge on any atom is 0.119 e. The van der Waals surface area contributed by atoms with E-state index in [1.54, 1.807) is 7.11 Å². The Labute approximate surface area is 129 Å². The van der Waals surface area contributed by atoms with Crippen molar-refractivity contribution in [2.24, 2.45) is 0 Å². The highest BCUT2D eigenvalue weighted by molar-refractivity contribution is 5.30. The molecule has 3 nitrogen and oxygen atoms in total. The number of hydrogen-bond donors (Lipinski definition) is 1. The second-order valence-corrected chi connectivity index (χ2v) is 7.10. The van der Waals surface area contributed by atoms with E-state index in [9.17, 15) is 0 Å². The van der Waals surface area contributed by atoms with E-state index < -0.39 is 0 Å². The molecule has 0 spiro atoms. The van der Waals surface area contributed by atoms with Crippen LogP contribution >= 0.6 is 0 Å². The second-order valence-electron chi connectivity index (χ2n) is 7.10. The lowest BCUT2D eigenvalue weighted by molar-refractivity contribution is 0.0942. The third-order valence-corrected chi connectivity index (χ3v) is 4.52. The summed E-state index contributed by atoms with van der Waals surface area (Å²) >= 11 is 0. The lowest BCUT2D eigenvalue weighted by Crippen LogP contribution is -2.50. The Morgan fingerprint density at radius 1 is 1.24 bits per heavy atom. The summed E-state index contributed by atoms with van der Waals surface area (Å²) in [6, 6.07) is 9.34. The first-order chi connectivity index (χ1) is 9.90. The minimum absolute atomic E-state index is 0.295. The molecule has 118 valence electrons. The molecule has 0 radical (unpaired) electrons. The first-order valence-electron chi connectivity index (χ1n) is 8.05. The molecule has 1 aromatic carbocycles. The molecule has 0 amide bonds. The van der Waals surface area contributed by atoms with Crippen molar-refractivity contribution in [1.82, 2.24) is 10.2 Å². The van der Waals surface area contributed by atoms with Crippen molar-refractivity contribution in [3.8, 4) is 5.75 Å². The first kappa shape index (κ1) is 16.3. The normalized spacial score (nSPS) is 19.5. The van der Waals surface area contributed by atoms with Gasteiger partial charge in [-0.15, -0.1) is 0 Å². The van der Waals surface area contributed by atoms with Crippen LogP contribution in [-0.2, 0) is 0 Å². The summed E-state index contributed by atoms with van der Waals surface area (Å²) < 4.78 is 5.31. The van der Waals surface area contributed by atoms with Crippen molar-refractivity contribution in [1.29, 1.82) is 0 Å². The first-order valence-corrected chi connectivity index (χ1v) is 8.05. The number of piperidine rings is 1. The highest BCUT2D eigenvalue weighted by atomic mass is 16.5. The Morgan fingerprint density at radius 2 is 1.90 bits per heavy atom. The average Bonchev–Trinajstić information content (AvgIpc) is 2.47. The maximum atomic E-state index is 5.31. The smallest absolute Gasteiger partial charge is 0.119 e. The fraction of sp³-hybridized carbons (Fsp3) is 0.667. The lowest BCUT2D eigenvalue weighted by Gasteiger charge is -2.41. The van der Waals surface area contributed by atoms with Gasteiger partial charge >= 0.3 is 0 Å². The van der Waals surface area contributed by atoms with Gasteiger partial charge in [0.1, 0.15) is 5.75 Å². The van der Waals surface area contributed by atoms with Gasteiger partial charge in [0.05, 0.1) is 7.11 Å². The molecular weight excluding hydrogens is 260 g/mol. The monoisotopic (exact) mass is 290 g/mol. The van der Waals surface area contributed by atoms with Crippen molar-refractivity contribution in [3.05, 3.63) is 29.8 Å². The van der Waals surface area contributed by atoms with Gasteiger partial charge in [0.25, 0.3) is 0 Å². The van der Waals surface area contributed by atoms with Crippen LogP contribution in [0, 0.1) is 0 Å². The van der Waals surface area contributed by atoms with Crippen molar-refractivity contribution < 1.29 is 4.74 Å². The molecule has 0 aromatic heterocycles. The van der Waals surface area contributed by atoms with Crippen molar-refractivity contribution >= 4 is 0 Å². The predicted molar refractivity (Wildman–Crippen MR) is 88.9 cm³/mol. The standard InChI is InChI=1S/C18H30N2O/c1-14(15-7-6-8-17(13-15)21-5)19-16-9-11-20(12-10-16)18(2,3)4/h6-8,13-14,16,19H,9-12H2,1-5H3. The third kappa shape index (κ3) is 4.45. The largest absolute Gasteiger partial charge is 0.497 e. The number of nitrogens with zero attached hydrogens (tertiary/aromatic N) is 1. The van der Waals surface area contributed by atoms with Crippen LogP contribution in [0.15, 0.2) is 24.3 Å². The summed E-state index contributed by atoms with van der Waals surface area (Å²) in [5, 5.41) is 3.78. The number of rotatable bonds is 4. The van der Waals surface area contributed by atoms with E-state index in [0.29, 0.717) is 17.6 Å². The second kappa shape index (κ2) is 6.80. The number of hydrogen-bond acceptors (Lipinski definition) is 3. The number of methoxy groups -OCH3 is 1. The van der Waals surface area contributed by atoms with Crippen molar-refractivity contribution in [3.63, 3.8) is 0 Å². The van der Waals surface area contributed by atoms with Crippen LogP contribution in [0.25, 0.3) is 0 Å². The van der Waals surface area contributed by atoms with Gasteiger partial charge in [-0.1, -0.05) is 12.1 Å². The minimum atomic E-state index is 0.295. The van der Waals surface area contributed by atoms with E-state index in [4.69, 9.17) is 4.74 Å². The van der Waals surface area contributed by atoms with Crippen LogP contribution in [0.2, 0.25) is 0 Å². The van der Waals surface area contributed by atoms with Gasteiger partial charge in [-0.25, -0.2) is 0 Å². The molecule has 21 heavy (non-hydrogen) atoms. The van der Waals surface area contributed by atoms with E-state index in [1.165, 1.54) is 31.5 Å². The topological polar surface area (TPSA) is 24.5 Å². The number of ether oxygens (including phenoxy) is 1. The van der Waals surface area contributed by atoms with Crippen LogP contribution < -0.4 is 10.1 Å². The van der Waals surface area contributed by atoms with Crippen LogP contribution in [0.1, 0.15) is 52.1 Å². The summed E-state index contributed by atoms with van der Waals surface area (Å²) in [5.74, 6) is 0.934. The van der Waals surface area contributed by atoms with Crippen molar-refractivity contribution in [2.75, 3.05) is 20.2 Å². The highest BCUT2D eigenvalue weighted by Gasteiger charge is 2.27. The van der Waals surface area contributed by atoms with E-state index >= 15 is 0 Å². The molecule has 1 atom stereocenters. The van der Waals surface area contributed by atoms with Gasteiger partial charge < -0.3 is 10.1 Å². The Balaban J connectivity index is 1.88. The Bertz CT molecular complexity index is 445. The Hall–Kier alpha value is -1.06. The van der Waals surface area contributed by atoms with Gasteiger partial charge in [-0.2, -0.15) is 0 Å². The third-order valence-electron chi connectivity index (χ3n) is 4.52. The van der Waals surface area contributed by atoms with Crippen LogP contribution in [0.3, 0.4) is 0 Å². The zero-order chi connectivity index (χ0) is 15.5. The number of nitrogens with one attached hydrogen (secondary N) is 1. The van der Waals surface area contributed by atoms with E-state index in [-0.39, 0.29) is 0 Å². The predicted octanol–water partition coefficient (Wildman–Crippen LogP) is 3.61. The van der Waals surface area contributed by atoms with E-state index in [0.717, 1.165) is 5.75 Å². The molecular formula is C18H30N2O. The fourth-order valence-electron chi connectivity index (χ4n) is 3.08. The summed E-state index contributed by atoms with van der Waals surface area (Å²) in [5.41, 5.74) is 1.59. The summed E-state index contributed by atoms with van der Waals surface area (Å²) in [6.07, 6.45) is 2.46. The van der Waals surface area contributed by atoms with Gasteiger partial charge in [-0.3, -0.25) is 4.90 Å². The molecule has 1 aromatic rings. The fourth-order valence-corrected chi connectivity index (χ4v) is 3.08. The quantitative estimate of drug-likeness (QED) is 0.917. The Kier molecular flexibility index (Phi) is 5.28. The molecule has 1 aliphatic rings. The molecule has 1 heterocycles. The molecule has 2 rings (SSSR count). The number of benzene rings is 1. The lowest BCUT2D eigenvalue weighted by atomic mass is 9.97. The minimum Gasteiger partial charge on any atom is -0.497 e. The molecule has 3 heteroatoms. The number of likely N-dealkylation sites (tertiary alicyclic amines) is 1. The molecule has 1 fully saturated rings. The summed E-state index contributed by atoms with van der Waals surface area (Å²) in [4.78, 5) is 2.58. The average molecular weight is 290 g/mol. The van der Waals surface area contributed by atoms with Gasteiger partial charge in [-0.05, 0) is 58.2 Å². The molecule has 1 saturated heterocycles. The van der Waals surface area contributed by atoms with E-state index in [1.807, 2.05) is 6.07 Å². The summed E-state index contributed by atoms with van der Waals surface area (Å²) in [7, 11) is 1.72. The van der Waals surface area contributed by atoms with Gasteiger partial charge in [0, 0.05) is 30.7 Å². The Morgan fingerprint density at radius 3 is 2.48 bits per heavy atom. The van der Waals surface area contributed by atoms with Crippen molar-refractivity contribution in [2.45, 2.75) is 58.2 Å². The highest BCUT2D eigenvalue weighted by Crippen LogP contribution is 2.23. The maximum absolute atomic E-state index is 5.31. The SMILES string of the molecule is COc1cccc(C(C)NC2CCN(C(C)(C)C)CC2)c1. The molecule has 0 bridgehead atoms. The molecule has 0 saturated carbocycles. The van der Waals surface area contributed by atoms with Crippen LogP contribution in [0.4, 0.5) is 0 Å². The summed E-state index contributed by atoms with van der Waals surface area (Å²) in [6.45, 7) is 11.5. The molecule has 0 aliphatic carbocycles. The molecule has 1 unspecified atom stereocenters. The van der Waals surface area contributed by atoms with Crippen LogP contribution in [-0.4, -0.2) is 36.7 Å². The van der Waals surface area contributed by atoms with E-state index in [2.05, 4.69) is 56.1 Å². The van der Waals surface area contributed by atoms with Crippen LogP contribution in [0.5, 0.6) is 5.75 Å². The zero-order valence-corrected chi connectivity index (χ0v) is 14.1. The molecule has 1 aliphatic heterocycles. The van der Waals surface area contributed by atoms with Gasteiger partial charge in [0.2, 0.25) is 0 Å². The van der Waals surface area contributed by atoms with Gasteiger partial charge in [0.15, 0.2) is 0 Å². The zero-order valence-electron chi connectivity index (χ0n) is 14.1. The molecule has 1 N–H and O–H groups in total.